The van der Waals surface area contributed by atoms with Crippen LogP contribution in [0.4, 0.5) is 14.9 Å². The highest BCUT2D eigenvalue weighted by molar-refractivity contribution is 6.38. The van der Waals surface area contributed by atoms with Crippen LogP contribution >= 0.6 is 0 Å². The molecule has 2 heterocycles. The summed E-state index contributed by atoms with van der Waals surface area (Å²) in [5.41, 5.74) is 0.811. The highest BCUT2D eigenvalue weighted by Crippen LogP contribution is 2.27. The second kappa shape index (κ2) is 7.20. The fourth-order valence-corrected chi connectivity index (χ4v) is 2.99. The van der Waals surface area contributed by atoms with E-state index in [9.17, 15) is 18.8 Å². The fourth-order valence-electron chi connectivity index (χ4n) is 2.99. The number of imide groups is 2. The third kappa shape index (κ3) is 3.34. The Morgan fingerprint density at radius 1 is 0.862 bits per heavy atom. The third-order valence-corrected chi connectivity index (χ3v) is 4.50. The molecule has 0 unspecified atom stereocenters. The van der Waals surface area contributed by atoms with Gasteiger partial charge in [0.25, 0.3) is 11.8 Å². The molecule has 3 aromatic rings. The fraction of sp³-hybridized carbons (Fsp3) is 0.0455. The summed E-state index contributed by atoms with van der Waals surface area (Å²) in [7, 11) is 1.31. The van der Waals surface area contributed by atoms with Gasteiger partial charge < -0.3 is 4.42 Å². The minimum absolute atomic E-state index is 0.198. The van der Waals surface area contributed by atoms with E-state index in [-0.39, 0.29) is 17.2 Å². The number of benzene rings is 2. The maximum Gasteiger partial charge on any atom is 0.338 e. The summed E-state index contributed by atoms with van der Waals surface area (Å²) in [6.07, 6.45) is 1.30. The van der Waals surface area contributed by atoms with Crippen molar-refractivity contribution in [2.45, 2.75) is 0 Å². The van der Waals surface area contributed by atoms with Gasteiger partial charge in [0, 0.05) is 12.6 Å². The Kier molecular flexibility index (Phi) is 4.56. The SMILES string of the molecule is CN1C(=O)/C(=C\c2ccc(-c3ccc(F)cc3)o2)C(=O)N(c2ccccc2)C1=O. The summed E-state index contributed by atoms with van der Waals surface area (Å²) in [5, 5.41) is 0. The number of urea groups is 1. The molecule has 1 fully saturated rings. The van der Waals surface area contributed by atoms with Gasteiger partial charge >= 0.3 is 6.03 Å². The first-order valence-electron chi connectivity index (χ1n) is 8.74. The minimum atomic E-state index is -0.732. The summed E-state index contributed by atoms with van der Waals surface area (Å²) in [5.74, 6) is -1.10. The van der Waals surface area contributed by atoms with E-state index in [1.54, 1.807) is 54.6 Å². The van der Waals surface area contributed by atoms with Crippen molar-refractivity contribution in [3.63, 3.8) is 0 Å². The van der Waals surface area contributed by atoms with Crippen LogP contribution in [0.2, 0.25) is 0 Å². The maximum absolute atomic E-state index is 13.1. The Balaban J connectivity index is 1.70. The molecule has 1 saturated heterocycles. The van der Waals surface area contributed by atoms with E-state index < -0.39 is 17.8 Å². The quantitative estimate of drug-likeness (QED) is 0.499. The molecule has 2 aromatic carbocycles. The van der Waals surface area contributed by atoms with E-state index in [0.29, 0.717) is 17.0 Å². The number of amides is 4. The number of para-hydroxylation sites is 1. The number of anilines is 1. The van der Waals surface area contributed by atoms with Crippen LogP contribution < -0.4 is 4.90 Å². The second-order valence-corrected chi connectivity index (χ2v) is 6.39. The molecule has 144 valence electrons. The van der Waals surface area contributed by atoms with Gasteiger partial charge in [-0.3, -0.25) is 14.5 Å². The number of halogens is 1. The molecule has 0 aliphatic carbocycles. The predicted octanol–water partition coefficient (Wildman–Crippen LogP) is 4.09. The van der Waals surface area contributed by atoms with Crippen LogP contribution in [0.1, 0.15) is 5.76 Å². The van der Waals surface area contributed by atoms with E-state index in [1.807, 2.05) is 0 Å². The van der Waals surface area contributed by atoms with Crippen molar-refractivity contribution in [2.75, 3.05) is 11.9 Å². The monoisotopic (exact) mass is 390 g/mol. The average Bonchev–Trinajstić information content (AvgIpc) is 3.20. The number of hydrogen-bond donors (Lipinski definition) is 0. The van der Waals surface area contributed by atoms with Gasteiger partial charge in [-0.05, 0) is 54.6 Å². The van der Waals surface area contributed by atoms with Crippen LogP contribution in [-0.2, 0) is 9.59 Å². The van der Waals surface area contributed by atoms with Crippen molar-refractivity contribution in [3.8, 4) is 11.3 Å². The molecular formula is C22H15FN2O4. The number of hydrogen-bond acceptors (Lipinski definition) is 4. The van der Waals surface area contributed by atoms with E-state index >= 15 is 0 Å². The summed E-state index contributed by atoms with van der Waals surface area (Å²) in [6.45, 7) is 0. The van der Waals surface area contributed by atoms with E-state index in [1.165, 1.54) is 25.3 Å². The van der Waals surface area contributed by atoms with Crippen LogP contribution in [0.3, 0.4) is 0 Å². The van der Waals surface area contributed by atoms with Gasteiger partial charge in [0.2, 0.25) is 0 Å². The molecule has 1 aliphatic heterocycles. The highest BCUT2D eigenvalue weighted by atomic mass is 19.1. The number of rotatable bonds is 3. The maximum atomic E-state index is 13.1. The Labute approximate surface area is 165 Å². The Morgan fingerprint density at radius 2 is 1.55 bits per heavy atom. The molecule has 0 atom stereocenters. The summed E-state index contributed by atoms with van der Waals surface area (Å²) >= 11 is 0. The number of carbonyl (C=O) groups excluding carboxylic acids is 3. The molecule has 1 aromatic heterocycles. The average molecular weight is 390 g/mol. The zero-order valence-corrected chi connectivity index (χ0v) is 15.3. The van der Waals surface area contributed by atoms with Crippen molar-refractivity contribution >= 4 is 29.6 Å². The number of likely N-dealkylation sites (N-methyl/N-ethyl adjacent to an activating group) is 1. The van der Waals surface area contributed by atoms with Gasteiger partial charge in [-0.25, -0.2) is 14.1 Å². The van der Waals surface area contributed by atoms with Gasteiger partial charge in [-0.1, -0.05) is 18.2 Å². The first-order valence-corrected chi connectivity index (χ1v) is 8.74. The molecule has 1 aliphatic rings. The predicted molar refractivity (Wildman–Crippen MR) is 104 cm³/mol. The largest absolute Gasteiger partial charge is 0.457 e. The van der Waals surface area contributed by atoms with Crippen molar-refractivity contribution in [3.05, 3.63) is 83.9 Å². The summed E-state index contributed by atoms with van der Waals surface area (Å²) in [4.78, 5) is 39.8. The van der Waals surface area contributed by atoms with Crippen molar-refractivity contribution in [1.82, 2.24) is 4.90 Å². The van der Waals surface area contributed by atoms with Crippen LogP contribution in [0.25, 0.3) is 17.4 Å². The summed E-state index contributed by atoms with van der Waals surface area (Å²) < 4.78 is 18.8. The first kappa shape index (κ1) is 18.4. The van der Waals surface area contributed by atoms with Gasteiger partial charge in [0.05, 0.1) is 5.69 Å². The van der Waals surface area contributed by atoms with Crippen LogP contribution in [0.5, 0.6) is 0 Å². The second-order valence-electron chi connectivity index (χ2n) is 6.39. The van der Waals surface area contributed by atoms with Crippen LogP contribution in [0.15, 0.2) is 76.7 Å². The normalized spacial score (nSPS) is 16.1. The molecule has 0 N–H and O–H groups in total. The van der Waals surface area contributed by atoms with Gasteiger partial charge in [-0.15, -0.1) is 0 Å². The molecule has 0 saturated carbocycles. The van der Waals surface area contributed by atoms with E-state index in [2.05, 4.69) is 0 Å². The highest BCUT2D eigenvalue weighted by Gasteiger charge is 2.41. The standard InChI is InChI=1S/C22H15FN2O4/c1-24-20(26)18(21(27)25(22(24)28)16-5-3-2-4-6-16)13-17-11-12-19(29-17)14-7-9-15(23)10-8-14/h2-13H,1H3/b18-13+. The molecule has 0 radical (unpaired) electrons. The van der Waals surface area contributed by atoms with Crippen LogP contribution in [0, 0.1) is 5.82 Å². The first-order chi connectivity index (χ1) is 14.0. The Bertz CT molecular complexity index is 1130. The molecule has 0 bridgehead atoms. The zero-order chi connectivity index (χ0) is 20.5. The Hall–Kier alpha value is -4.00. The van der Waals surface area contributed by atoms with Gasteiger partial charge in [-0.2, -0.15) is 0 Å². The van der Waals surface area contributed by atoms with E-state index in [0.717, 1.165) is 9.80 Å². The van der Waals surface area contributed by atoms with E-state index in [4.69, 9.17) is 4.42 Å². The van der Waals surface area contributed by atoms with Gasteiger partial charge in [0.1, 0.15) is 22.9 Å². The van der Waals surface area contributed by atoms with Crippen molar-refractivity contribution in [1.29, 1.82) is 0 Å². The van der Waals surface area contributed by atoms with Crippen molar-refractivity contribution < 1.29 is 23.2 Å². The molecule has 29 heavy (non-hydrogen) atoms. The molecule has 7 heteroatoms. The third-order valence-electron chi connectivity index (χ3n) is 4.50. The smallest absolute Gasteiger partial charge is 0.338 e. The molecular weight excluding hydrogens is 375 g/mol. The number of furan rings is 1. The number of barbiturate groups is 1. The lowest BCUT2D eigenvalue weighted by Crippen LogP contribution is -2.55. The molecule has 4 amide bonds. The van der Waals surface area contributed by atoms with Crippen molar-refractivity contribution in [2.24, 2.45) is 0 Å². The minimum Gasteiger partial charge on any atom is -0.457 e. The van der Waals surface area contributed by atoms with Gasteiger partial charge in [0.15, 0.2) is 0 Å². The lowest BCUT2D eigenvalue weighted by Gasteiger charge is -2.31. The number of nitrogens with zero attached hydrogens (tertiary/aromatic N) is 2. The molecule has 6 nitrogen and oxygen atoms in total. The van der Waals surface area contributed by atoms with Crippen LogP contribution in [-0.4, -0.2) is 29.8 Å². The molecule has 4 rings (SSSR count). The summed E-state index contributed by atoms with van der Waals surface area (Å²) in [6, 6.07) is 16.6. The zero-order valence-electron chi connectivity index (χ0n) is 15.3. The topological polar surface area (TPSA) is 70.8 Å². The lowest BCUT2D eigenvalue weighted by atomic mass is 10.1. The Morgan fingerprint density at radius 3 is 2.24 bits per heavy atom. The lowest BCUT2D eigenvalue weighted by molar-refractivity contribution is -0.128. The number of carbonyl (C=O) groups is 3. The molecule has 0 spiro atoms.